The Kier molecular flexibility index (Phi) is 6.98. The highest BCUT2D eigenvalue weighted by molar-refractivity contribution is 8.00. The Balaban J connectivity index is 1.63. The molecule has 2 aromatic rings. The minimum absolute atomic E-state index is 0.136. The van der Waals surface area contributed by atoms with Crippen molar-refractivity contribution >= 4 is 23.6 Å². The fraction of sp³-hybridized carbons (Fsp3) is 0.364. The molecule has 28 heavy (non-hydrogen) atoms. The van der Waals surface area contributed by atoms with E-state index in [-0.39, 0.29) is 17.9 Å². The molecule has 148 valence electrons. The SMILES string of the molecule is COc1ccc([C@@H](C)NC(=O)c2ccccc2SCC(=O)N2CCCC2)cc1. The second-order valence-electron chi connectivity index (χ2n) is 6.84. The molecule has 0 aromatic heterocycles. The fourth-order valence-corrected chi connectivity index (χ4v) is 4.18. The summed E-state index contributed by atoms with van der Waals surface area (Å²) in [5, 5.41) is 3.04. The highest BCUT2D eigenvalue weighted by Crippen LogP contribution is 2.25. The zero-order valence-electron chi connectivity index (χ0n) is 16.3. The largest absolute Gasteiger partial charge is 0.497 e. The molecular weight excluding hydrogens is 372 g/mol. The quantitative estimate of drug-likeness (QED) is 0.719. The van der Waals surface area contributed by atoms with Crippen molar-refractivity contribution in [2.75, 3.05) is 26.0 Å². The monoisotopic (exact) mass is 398 g/mol. The van der Waals surface area contributed by atoms with Crippen molar-refractivity contribution in [1.82, 2.24) is 10.2 Å². The average molecular weight is 399 g/mol. The Morgan fingerprint density at radius 1 is 1.11 bits per heavy atom. The van der Waals surface area contributed by atoms with Crippen molar-refractivity contribution in [3.05, 3.63) is 59.7 Å². The number of nitrogens with zero attached hydrogens (tertiary/aromatic N) is 1. The van der Waals surface area contributed by atoms with E-state index < -0.39 is 0 Å². The van der Waals surface area contributed by atoms with Crippen LogP contribution in [0.2, 0.25) is 0 Å². The number of rotatable bonds is 7. The summed E-state index contributed by atoms with van der Waals surface area (Å²) >= 11 is 1.43. The number of nitrogens with one attached hydrogen (secondary N) is 1. The molecule has 5 nitrogen and oxygen atoms in total. The summed E-state index contributed by atoms with van der Waals surface area (Å²) < 4.78 is 5.18. The van der Waals surface area contributed by atoms with Gasteiger partial charge in [-0.25, -0.2) is 0 Å². The van der Waals surface area contributed by atoms with Gasteiger partial charge in [0.2, 0.25) is 5.91 Å². The lowest BCUT2D eigenvalue weighted by atomic mass is 10.1. The zero-order valence-corrected chi connectivity index (χ0v) is 17.1. The maximum absolute atomic E-state index is 12.8. The van der Waals surface area contributed by atoms with E-state index in [2.05, 4.69) is 5.32 Å². The van der Waals surface area contributed by atoms with Gasteiger partial charge in [0.1, 0.15) is 5.75 Å². The summed E-state index contributed by atoms with van der Waals surface area (Å²) in [6.45, 7) is 3.65. The van der Waals surface area contributed by atoms with Crippen LogP contribution in [-0.2, 0) is 4.79 Å². The lowest BCUT2D eigenvalue weighted by Gasteiger charge is -2.17. The number of carbonyl (C=O) groups excluding carboxylic acids is 2. The molecule has 0 bridgehead atoms. The maximum atomic E-state index is 12.8. The normalized spacial score (nSPS) is 14.6. The van der Waals surface area contributed by atoms with E-state index in [1.165, 1.54) is 11.8 Å². The third-order valence-corrected chi connectivity index (χ3v) is 5.96. The number of methoxy groups -OCH3 is 1. The molecule has 1 aliphatic heterocycles. The Hall–Kier alpha value is -2.47. The van der Waals surface area contributed by atoms with Gasteiger partial charge < -0.3 is 15.0 Å². The van der Waals surface area contributed by atoms with Gasteiger partial charge in [0, 0.05) is 18.0 Å². The average Bonchev–Trinajstić information content (AvgIpc) is 3.27. The Bertz CT molecular complexity index is 817. The van der Waals surface area contributed by atoms with Crippen LogP contribution in [0.15, 0.2) is 53.4 Å². The van der Waals surface area contributed by atoms with Crippen LogP contribution in [0, 0.1) is 0 Å². The zero-order chi connectivity index (χ0) is 19.9. The molecular formula is C22H26N2O3S. The van der Waals surface area contributed by atoms with Gasteiger partial charge in [-0.1, -0.05) is 24.3 Å². The van der Waals surface area contributed by atoms with Crippen LogP contribution in [0.1, 0.15) is 41.7 Å². The van der Waals surface area contributed by atoms with E-state index in [0.29, 0.717) is 11.3 Å². The predicted octanol–water partition coefficient (Wildman–Crippen LogP) is 3.90. The first kappa shape index (κ1) is 20.3. The van der Waals surface area contributed by atoms with Crippen LogP contribution in [-0.4, -0.2) is 42.7 Å². The number of benzene rings is 2. The van der Waals surface area contributed by atoms with E-state index in [1.54, 1.807) is 13.2 Å². The molecule has 0 radical (unpaired) electrons. The van der Waals surface area contributed by atoms with Crippen molar-refractivity contribution in [2.45, 2.75) is 30.7 Å². The highest BCUT2D eigenvalue weighted by atomic mass is 32.2. The summed E-state index contributed by atoms with van der Waals surface area (Å²) in [5.74, 6) is 1.15. The van der Waals surface area contributed by atoms with Crippen LogP contribution in [0.25, 0.3) is 0 Å². The minimum Gasteiger partial charge on any atom is -0.497 e. The first-order chi connectivity index (χ1) is 13.6. The number of thioether (sulfide) groups is 1. The fourth-order valence-electron chi connectivity index (χ4n) is 3.23. The minimum atomic E-state index is -0.139. The van der Waals surface area contributed by atoms with Gasteiger partial charge in [0.25, 0.3) is 5.91 Å². The van der Waals surface area contributed by atoms with E-state index in [1.807, 2.05) is 54.3 Å². The van der Waals surface area contributed by atoms with E-state index >= 15 is 0 Å². The molecule has 1 saturated heterocycles. The van der Waals surface area contributed by atoms with Crippen molar-refractivity contribution in [1.29, 1.82) is 0 Å². The molecule has 0 aliphatic carbocycles. The second-order valence-corrected chi connectivity index (χ2v) is 7.86. The summed E-state index contributed by atoms with van der Waals surface area (Å²) in [6, 6.07) is 15.0. The number of ether oxygens (including phenoxy) is 1. The van der Waals surface area contributed by atoms with Crippen molar-refractivity contribution in [2.24, 2.45) is 0 Å². The number of carbonyl (C=O) groups is 2. The van der Waals surface area contributed by atoms with Crippen molar-refractivity contribution in [3.8, 4) is 5.75 Å². The topological polar surface area (TPSA) is 58.6 Å². The van der Waals surface area contributed by atoms with E-state index in [0.717, 1.165) is 42.1 Å². The molecule has 1 fully saturated rings. The Morgan fingerprint density at radius 3 is 2.46 bits per heavy atom. The third kappa shape index (κ3) is 5.07. The molecule has 1 heterocycles. The summed E-state index contributed by atoms with van der Waals surface area (Å²) in [4.78, 5) is 27.9. The van der Waals surface area contributed by atoms with Crippen molar-refractivity contribution in [3.63, 3.8) is 0 Å². The van der Waals surface area contributed by atoms with Crippen LogP contribution < -0.4 is 10.1 Å². The van der Waals surface area contributed by atoms with Crippen LogP contribution in [0.3, 0.4) is 0 Å². The van der Waals surface area contributed by atoms with Crippen LogP contribution in [0.4, 0.5) is 0 Å². The smallest absolute Gasteiger partial charge is 0.252 e. The van der Waals surface area contributed by atoms with Crippen LogP contribution >= 0.6 is 11.8 Å². The number of likely N-dealkylation sites (tertiary alicyclic amines) is 1. The third-order valence-electron chi connectivity index (χ3n) is 4.91. The van der Waals surface area contributed by atoms with E-state index in [4.69, 9.17) is 4.74 Å². The molecule has 2 amide bonds. The maximum Gasteiger partial charge on any atom is 0.252 e. The van der Waals surface area contributed by atoms with E-state index in [9.17, 15) is 9.59 Å². The summed E-state index contributed by atoms with van der Waals surface area (Å²) in [5.41, 5.74) is 1.60. The van der Waals surface area contributed by atoms with Gasteiger partial charge in [-0.2, -0.15) is 0 Å². The van der Waals surface area contributed by atoms with Gasteiger partial charge >= 0.3 is 0 Å². The van der Waals surface area contributed by atoms with Crippen molar-refractivity contribution < 1.29 is 14.3 Å². The number of hydrogen-bond acceptors (Lipinski definition) is 4. The summed E-state index contributed by atoms with van der Waals surface area (Å²) in [7, 11) is 1.63. The predicted molar refractivity (Wildman–Crippen MR) is 112 cm³/mol. The molecule has 0 unspecified atom stereocenters. The Morgan fingerprint density at radius 2 is 1.79 bits per heavy atom. The molecule has 1 aliphatic rings. The first-order valence-electron chi connectivity index (χ1n) is 9.53. The molecule has 1 N–H and O–H groups in total. The molecule has 3 rings (SSSR count). The molecule has 1 atom stereocenters. The number of amides is 2. The molecule has 0 spiro atoms. The van der Waals surface area contributed by atoms with Gasteiger partial charge in [0.05, 0.1) is 24.5 Å². The van der Waals surface area contributed by atoms with Gasteiger partial charge in [-0.3, -0.25) is 9.59 Å². The van der Waals surface area contributed by atoms with Gasteiger partial charge in [-0.15, -0.1) is 11.8 Å². The second kappa shape index (κ2) is 9.64. The van der Waals surface area contributed by atoms with Gasteiger partial charge in [-0.05, 0) is 49.6 Å². The standard InChI is InChI=1S/C22H26N2O3S/c1-16(17-9-11-18(27-2)12-10-17)23-22(26)19-7-3-4-8-20(19)28-15-21(25)24-13-5-6-14-24/h3-4,7-12,16H,5-6,13-15H2,1-2H3,(H,23,26)/t16-/m1/s1. The van der Waals surface area contributed by atoms with Crippen LogP contribution in [0.5, 0.6) is 5.75 Å². The Labute approximate surface area is 170 Å². The number of hydrogen-bond donors (Lipinski definition) is 1. The molecule has 0 saturated carbocycles. The van der Waals surface area contributed by atoms with Gasteiger partial charge in [0.15, 0.2) is 0 Å². The lowest BCUT2D eigenvalue weighted by molar-refractivity contribution is -0.127. The molecule has 2 aromatic carbocycles. The molecule has 6 heteroatoms. The lowest BCUT2D eigenvalue weighted by Crippen LogP contribution is -2.29. The highest BCUT2D eigenvalue weighted by Gasteiger charge is 2.20. The first-order valence-corrected chi connectivity index (χ1v) is 10.5. The summed E-state index contributed by atoms with van der Waals surface area (Å²) in [6.07, 6.45) is 2.16.